The molecule has 4 rings (SSSR count). The van der Waals surface area contributed by atoms with Gasteiger partial charge in [0.1, 0.15) is 0 Å². The van der Waals surface area contributed by atoms with E-state index in [4.69, 9.17) is 0 Å². The van der Waals surface area contributed by atoms with Gasteiger partial charge in [0.2, 0.25) is 0 Å². The first-order chi connectivity index (χ1) is 13.1. The highest BCUT2D eigenvalue weighted by molar-refractivity contribution is 5.80. The van der Waals surface area contributed by atoms with Crippen LogP contribution < -0.4 is 0 Å². The molecule has 0 saturated carbocycles. The first-order valence-corrected chi connectivity index (χ1v) is 9.04. The highest BCUT2D eigenvalue weighted by atomic mass is 14.8. The molecule has 0 spiro atoms. The molecule has 0 atom stereocenters. The predicted octanol–water partition coefficient (Wildman–Crippen LogP) is 5.80. The zero-order valence-corrected chi connectivity index (χ0v) is 15.8. The lowest BCUT2D eigenvalue weighted by Crippen LogP contribution is -1.95. The Morgan fingerprint density at radius 2 is 1.37 bits per heavy atom. The van der Waals surface area contributed by atoms with Crippen LogP contribution in [0.1, 0.15) is 16.7 Å². The predicted molar refractivity (Wildman–Crippen MR) is 110 cm³/mol. The summed E-state index contributed by atoms with van der Waals surface area (Å²) in [7, 11) is 0. The van der Waals surface area contributed by atoms with E-state index in [1.54, 1.807) is 12.4 Å². The average molecular weight is 351 g/mol. The van der Waals surface area contributed by atoms with Gasteiger partial charge in [0, 0.05) is 24.2 Å². The van der Waals surface area contributed by atoms with Crippen LogP contribution in [0.15, 0.2) is 73.2 Å². The summed E-state index contributed by atoms with van der Waals surface area (Å²) >= 11 is 0. The topological polar surface area (TPSA) is 38.7 Å². The molecule has 3 aromatic heterocycles. The Bertz CT molecular complexity index is 1080. The Balaban J connectivity index is 1.86. The SMILES string of the molecule is Cc1cc(C)c(-c2ccnc(-c3ncccc3-c3ccccn3)c2)c(C)c1. The second kappa shape index (κ2) is 7.12. The lowest BCUT2D eigenvalue weighted by Gasteiger charge is -2.13. The lowest BCUT2D eigenvalue weighted by molar-refractivity contribution is 1.23. The average Bonchev–Trinajstić information content (AvgIpc) is 2.68. The Kier molecular flexibility index (Phi) is 4.51. The first kappa shape index (κ1) is 17.1. The van der Waals surface area contributed by atoms with Gasteiger partial charge >= 0.3 is 0 Å². The van der Waals surface area contributed by atoms with Gasteiger partial charge in [-0.25, -0.2) is 0 Å². The second-order valence-corrected chi connectivity index (χ2v) is 6.82. The van der Waals surface area contributed by atoms with Crippen molar-refractivity contribution in [3.05, 3.63) is 89.9 Å². The summed E-state index contributed by atoms with van der Waals surface area (Å²) in [6, 6.07) is 18.5. The van der Waals surface area contributed by atoms with E-state index < -0.39 is 0 Å². The maximum atomic E-state index is 4.62. The molecular weight excluding hydrogens is 330 g/mol. The van der Waals surface area contributed by atoms with E-state index in [2.05, 4.69) is 60.0 Å². The van der Waals surface area contributed by atoms with Crippen molar-refractivity contribution in [1.82, 2.24) is 15.0 Å². The molecule has 3 heteroatoms. The lowest BCUT2D eigenvalue weighted by atomic mass is 9.93. The third-order valence-corrected chi connectivity index (χ3v) is 4.72. The van der Waals surface area contributed by atoms with Crippen LogP contribution in [0.3, 0.4) is 0 Å². The number of pyridine rings is 3. The summed E-state index contributed by atoms with van der Waals surface area (Å²) in [5, 5.41) is 0. The molecule has 132 valence electrons. The minimum absolute atomic E-state index is 0.848. The zero-order chi connectivity index (χ0) is 18.8. The van der Waals surface area contributed by atoms with Crippen molar-refractivity contribution in [3.63, 3.8) is 0 Å². The van der Waals surface area contributed by atoms with E-state index in [-0.39, 0.29) is 0 Å². The van der Waals surface area contributed by atoms with E-state index in [9.17, 15) is 0 Å². The van der Waals surface area contributed by atoms with E-state index >= 15 is 0 Å². The van der Waals surface area contributed by atoms with Crippen LogP contribution in [0.4, 0.5) is 0 Å². The standard InChI is InChI=1S/C24H21N3/c1-16-13-17(2)23(18(3)14-16)19-9-12-26-22(15-19)24-20(7-6-11-27-24)21-8-4-5-10-25-21/h4-15H,1-3H3. The van der Waals surface area contributed by atoms with Gasteiger partial charge in [-0.3, -0.25) is 15.0 Å². The van der Waals surface area contributed by atoms with Gasteiger partial charge in [0.25, 0.3) is 0 Å². The van der Waals surface area contributed by atoms with Crippen molar-refractivity contribution in [2.75, 3.05) is 0 Å². The normalized spacial score (nSPS) is 10.8. The van der Waals surface area contributed by atoms with Gasteiger partial charge < -0.3 is 0 Å². The van der Waals surface area contributed by atoms with Gasteiger partial charge in [0.15, 0.2) is 0 Å². The molecule has 0 aliphatic rings. The van der Waals surface area contributed by atoms with E-state index in [1.807, 2.05) is 36.5 Å². The molecule has 0 N–H and O–H groups in total. The van der Waals surface area contributed by atoms with E-state index in [1.165, 1.54) is 22.3 Å². The number of rotatable bonds is 3. The molecule has 1 aromatic carbocycles. The van der Waals surface area contributed by atoms with Crippen molar-refractivity contribution >= 4 is 0 Å². The largest absolute Gasteiger partial charge is 0.256 e. The molecule has 0 fully saturated rings. The summed E-state index contributed by atoms with van der Waals surface area (Å²) < 4.78 is 0. The van der Waals surface area contributed by atoms with Crippen LogP contribution in [-0.2, 0) is 0 Å². The highest BCUT2D eigenvalue weighted by Gasteiger charge is 2.13. The molecule has 0 aliphatic heterocycles. The van der Waals surface area contributed by atoms with Crippen molar-refractivity contribution in [3.8, 4) is 33.8 Å². The Hall–Kier alpha value is -3.33. The molecule has 27 heavy (non-hydrogen) atoms. The van der Waals surface area contributed by atoms with Gasteiger partial charge in [-0.1, -0.05) is 23.8 Å². The molecular formula is C24H21N3. The van der Waals surface area contributed by atoms with Gasteiger partial charge in [-0.2, -0.15) is 0 Å². The molecule has 4 aromatic rings. The van der Waals surface area contributed by atoms with Crippen LogP contribution in [0.2, 0.25) is 0 Å². The molecule has 0 unspecified atom stereocenters. The van der Waals surface area contributed by atoms with Crippen molar-refractivity contribution < 1.29 is 0 Å². The van der Waals surface area contributed by atoms with E-state index in [0.29, 0.717) is 0 Å². The molecule has 3 heterocycles. The van der Waals surface area contributed by atoms with Gasteiger partial charge in [-0.15, -0.1) is 0 Å². The molecule has 0 bridgehead atoms. The van der Waals surface area contributed by atoms with Crippen LogP contribution >= 0.6 is 0 Å². The molecule has 0 radical (unpaired) electrons. The molecule has 0 aliphatic carbocycles. The van der Waals surface area contributed by atoms with Crippen molar-refractivity contribution in [2.45, 2.75) is 20.8 Å². The number of hydrogen-bond donors (Lipinski definition) is 0. The Morgan fingerprint density at radius 3 is 2.11 bits per heavy atom. The fraction of sp³-hybridized carbons (Fsp3) is 0.125. The van der Waals surface area contributed by atoms with Crippen molar-refractivity contribution in [1.29, 1.82) is 0 Å². The molecule has 0 amide bonds. The van der Waals surface area contributed by atoms with Gasteiger partial charge in [0.05, 0.1) is 17.1 Å². The minimum atomic E-state index is 0.848. The Labute approximate surface area is 159 Å². The van der Waals surface area contributed by atoms with Crippen LogP contribution in [0.5, 0.6) is 0 Å². The van der Waals surface area contributed by atoms with Gasteiger partial charge in [-0.05, 0) is 79.4 Å². The summed E-state index contributed by atoms with van der Waals surface area (Å²) in [4.78, 5) is 13.7. The number of hydrogen-bond acceptors (Lipinski definition) is 3. The number of benzene rings is 1. The second-order valence-electron chi connectivity index (χ2n) is 6.82. The maximum Gasteiger partial charge on any atom is 0.0980 e. The fourth-order valence-corrected chi connectivity index (χ4v) is 3.69. The smallest absolute Gasteiger partial charge is 0.0980 e. The quantitative estimate of drug-likeness (QED) is 0.468. The molecule has 0 saturated heterocycles. The van der Waals surface area contributed by atoms with Crippen LogP contribution in [-0.4, -0.2) is 15.0 Å². The number of aryl methyl sites for hydroxylation is 3. The third-order valence-electron chi connectivity index (χ3n) is 4.72. The fourth-order valence-electron chi connectivity index (χ4n) is 3.69. The summed E-state index contributed by atoms with van der Waals surface area (Å²) in [6.45, 7) is 6.46. The van der Waals surface area contributed by atoms with E-state index in [0.717, 1.165) is 28.2 Å². The zero-order valence-electron chi connectivity index (χ0n) is 15.8. The summed E-state index contributed by atoms with van der Waals surface area (Å²) in [6.07, 6.45) is 5.47. The number of nitrogens with zero attached hydrogens (tertiary/aromatic N) is 3. The first-order valence-electron chi connectivity index (χ1n) is 9.04. The summed E-state index contributed by atoms with van der Waals surface area (Å²) in [5.74, 6) is 0. The van der Waals surface area contributed by atoms with Crippen molar-refractivity contribution in [2.24, 2.45) is 0 Å². The van der Waals surface area contributed by atoms with Crippen LogP contribution in [0.25, 0.3) is 33.8 Å². The Morgan fingerprint density at radius 1 is 0.630 bits per heavy atom. The number of aromatic nitrogens is 3. The van der Waals surface area contributed by atoms with Crippen LogP contribution in [0, 0.1) is 20.8 Å². The highest BCUT2D eigenvalue weighted by Crippen LogP contribution is 2.33. The third kappa shape index (κ3) is 3.36. The minimum Gasteiger partial charge on any atom is -0.256 e. The molecule has 3 nitrogen and oxygen atoms in total. The maximum absolute atomic E-state index is 4.62. The summed E-state index contributed by atoms with van der Waals surface area (Å²) in [5.41, 5.74) is 9.84. The monoisotopic (exact) mass is 351 g/mol.